The van der Waals surface area contributed by atoms with Crippen molar-refractivity contribution in [3.05, 3.63) is 35.9 Å². The van der Waals surface area contributed by atoms with Gasteiger partial charge < -0.3 is 4.74 Å². The largest absolute Gasteiger partial charge is 0.461 e. The van der Waals surface area contributed by atoms with Gasteiger partial charge in [0.05, 0.1) is 0 Å². The summed E-state index contributed by atoms with van der Waals surface area (Å²) in [6, 6.07) is 9.60. The predicted molar refractivity (Wildman–Crippen MR) is 85.4 cm³/mol. The van der Waals surface area contributed by atoms with Crippen molar-refractivity contribution in [1.82, 2.24) is 0 Å². The first kappa shape index (κ1) is 18.7. The Morgan fingerprint density at radius 2 is 1.70 bits per heavy atom. The highest BCUT2D eigenvalue weighted by Gasteiger charge is 2.17. The third-order valence-electron chi connectivity index (χ3n) is 2.56. The Morgan fingerprint density at radius 1 is 1.20 bits per heavy atom. The molecule has 2 heteroatoms. The topological polar surface area (TPSA) is 26.3 Å². The summed E-state index contributed by atoms with van der Waals surface area (Å²) in [5.74, 6) is 1.73. The first-order chi connectivity index (χ1) is 9.45. The summed E-state index contributed by atoms with van der Waals surface area (Å²) < 4.78 is 4.79. The molecule has 1 saturated carbocycles. The van der Waals surface area contributed by atoms with Crippen LogP contribution in [0.3, 0.4) is 0 Å². The van der Waals surface area contributed by atoms with E-state index in [2.05, 4.69) is 27.7 Å². The number of rotatable bonds is 3. The second-order valence-corrected chi connectivity index (χ2v) is 5.85. The van der Waals surface area contributed by atoms with Crippen molar-refractivity contribution >= 4 is 5.97 Å². The van der Waals surface area contributed by atoms with Gasteiger partial charge in [-0.25, -0.2) is 0 Å². The molecular weight excluding hydrogens is 248 g/mol. The van der Waals surface area contributed by atoms with Crippen molar-refractivity contribution in [3.8, 4) is 0 Å². The van der Waals surface area contributed by atoms with Crippen molar-refractivity contribution in [3.63, 3.8) is 0 Å². The second kappa shape index (κ2) is 11.5. The van der Waals surface area contributed by atoms with Gasteiger partial charge in [0.1, 0.15) is 6.61 Å². The first-order valence-corrected chi connectivity index (χ1v) is 7.63. The summed E-state index contributed by atoms with van der Waals surface area (Å²) in [6.07, 6.45) is 4.44. The summed E-state index contributed by atoms with van der Waals surface area (Å²) in [6.45, 7) is 10.5. The highest BCUT2D eigenvalue weighted by molar-refractivity contribution is 5.65. The van der Waals surface area contributed by atoms with Gasteiger partial charge in [-0.15, -0.1) is 0 Å². The van der Waals surface area contributed by atoms with Crippen LogP contribution in [0.25, 0.3) is 0 Å². The third kappa shape index (κ3) is 14.7. The predicted octanol–water partition coefficient (Wildman–Crippen LogP) is 5.22. The number of esters is 1. The van der Waals surface area contributed by atoms with Gasteiger partial charge in [0.2, 0.25) is 0 Å². The summed E-state index contributed by atoms with van der Waals surface area (Å²) >= 11 is 0. The Balaban J connectivity index is 0.000000331. The molecule has 0 radical (unpaired) electrons. The SMILES string of the molecule is CC(=O)OCc1ccccc1.CC(C)C.CCC1CC1. The maximum Gasteiger partial charge on any atom is 0.302 e. The molecule has 0 spiro atoms. The molecule has 1 aromatic carbocycles. The molecule has 1 fully saturated rings. The molecule has 1 aliphatic rings. The molecule has 1 aliphatic carbocycles. The molecule has 0 bridgehead atoms. The average molecular weight is 278 g/mol. The maximum atomic E-state index is 10.4. The van der Waals surface area contributed by atoms with E-state index in [1.54, 1.807) is 0 Å². The van der Waals surface area contributed by atoms with Crippen LogP contribution in [0.5, 0.6) is 0 Å². The number of hydrogen-bond donors (Lipinski definition) is 0. The average Bonchev–Trinajstić information content (AvgIpc) is 3.21. The zero-order valence-electron chi connectivity index (χ0n) is 13.7. The van der Waals surface area contributed by atoms with E-state index in [9.17, 15) is 4.79 Å². The van der Waals surface area contributed by atoms with Crippen LogP contribution in [0.1, 0.15) is 59.4 Å². The standard InChI is InChI=1S/C9H10O2.C5H10.C4H10/c1-8(10)11-7-9-5-3-2-4-6-9;1-2-5-3-4-5;1-4(2)3/h2-6H,7H2,1H3;5H,2-4H2,1H3;4H,1-3H3. The van der Waals surface area contributed by atoms with Gasteiger partial charge in [0.25, 0.3) is 0 Å². The Hall–Kier alpha value is -1.31. The second-order valence-electron chi connectivity index (χ2n) is 5.85. The molecule has 2 nitrogen and oxygen atoms in total. The fourth-order valence-electron chi connectivity index (χ4n) is 1.29. The minimum Gasteiger partial charge on any atom is -0.461 e. The van der Waals surface area contributed by atoms with E-state index in [-0.39, 0.29) is 5.97 Å². The van der Waals surface area contributed by atoms with Crippen LogP contribution in [0.15, 0.2) is 30.3 Å². The van der Waals surface area contributed by atoms with E-state index in [1.165, 1.54) is 26.2 Å². The quantitative estimate of drug-likeness (QED) is 0.709. The van der Waals surface area contributed by atoms with Crippen LogP contribution in [0.4, 0.5) is 0 Å². The molecule has 0 saturated heterocycles. The smallest absolute Gasteiger partial charge is 0.302 e. The molecule has 20 heavy (non-hydrogen) atoms. The fraction of sp³-hybridized carbons (Fsp3) is 0.611. The van der Waals surface area contributed by atoms with Gasteiger partial charge in [-0.3, -0.25) is 4.79 Å². The van der Waals surface area contributed by atoms with Crippen molar-refractivity contribution in [2.75, 3.05) is 0 Å². The highest BCUT2D eigenvalue weighted by atomic mass is 16.5. The third-order valence-corrected chi connectivity index (χ3v) is 2.56. The molecule has 0 unspecified atom stereocenters. The number of carbonyl (C=O) groups is 1. The van der Waals surface area contributed by atoms with Gasteiger partial charge in [-0.2, -0.15) is 0 Å². The lowest BCUT2D eigenvalue weighted by molar-refractivity contribution is -0.142. The van der Waals surface area contributed by atoms with Crippen molar-refractivity contribution in [2.24, 2.45) is 11.8 Å². The number of hydrogen-bond acceptors (Lipinski definition) is 2. The van der Waals surface area contributed by atoms with Crippen LogP contribution in [-0.2, 0) is 16.1 Å². The van der Waals surface area contributed by atoms with Crippen LogP contribution in [0.2, 0.25) is 0 Å². The monoisotopic (exact) mass is 278 g/mol. The van der Waals surface area contributed by atoms with Gasteiger partial charge in [0.15, 0.2) is 0 Å². The van der Waals surface area contributed by atoms with Crippen LogP contribution < -0.4 is 0 Å². The molecule has 0 heterocycles. The molecule has 0 aromatic heterocycles. The number of benzene rings is 1. The Bertz CT molecular complexity index is 337. The fourth-order valence-corrected chi connectivity index (χ4v) is 1.29. The van der Waals surface area contributed by atoms with Gasteiger partial charge in [-0.05, 0) is 17.4 Å². The normalized spacial score (nSPS) is 12.7. The maximum absolute atomic E-state index is 10.4. The van der Waals surface area contributed by atoms with E-state index in [4.69, 9.17) is 4.74 Å². The molecular formula is C18H30O2. The number of carbonyl (C=O) groups excluding carboxylic acids is 1. The lowest BCUT2D eigenvalue weighted by Crippen LogP contribution is -1.97. The molecule has 0 aliphatic heterocycles. The summed E-state index contributed by atoms with van der Waals surface area (Å²) in [5.41, 5.74) is 1.02. The minimum atomic E-state index is -0.242. The molecule has 0 N–H and O–H groups in total. The molecule has 2 rings (SSSR count). The Labute approximate surface area is 124 Å². The van der Waals surface area contributed by atoms with Crippen LogP contribution >= 0.6 is 0 Å². The Morgan fingerprint density at radius 3 is 2.00 bits per heavy atom. The van der Waals surface area contributed by atoms with E-state index >= 15 is 0 Å². The lowest BCUT2D eigenvalue weighted by atomic mass is 10.2. The van der Waals surface area contributed by atoms with Crippen LogP contribution in [-0.4, -0.2) is 5.97 Å². The summed E-state index contributed by atoms with van der Waals surface area (Å²) in [4.78, 5) is 10.4. The summed E-state index contributed by atoms with van der Waals surface area (Å²) in [5, 5.41) is 0. The zero-order chi connectivity index (χ0) is 15.4. The Kier molecular flexibility index (Phi) is 10.8. The highest BCUT2D eigenvalue weighted by Crippen LogP contribution is 2.31. The van der Waals surface area contributed by atoms with Crippen molar-refractivity contribution < 1.29 is 9.53 Å². The van der Waals surface area contributed by atoms with E-state index < -0.39 is 0 Å². The van der Waals surface area contributed by atoms with Crippen molar-refractivity contribution in [2.45, 2.75) is 60.5 Å². The lowest BCUT2D eigenvalue weighted by Gasteiger charge is -1.99. The van der Waals surface area contributed by atoms with Gasteiger partial charge >= 0.3 is 5.97 Å². The minimum absolute atomic E-state index is 0.242. The van der Waals surface area contributed by atoms with Crippen LogP contribution in [0, 0.1) is 11.8 Å². The van der Waals surface area contributed by atoms with Crippen molar-refractivity contribution in [1.29, 1.82) is 0 Å². The molecule has 0 atom stereocenters. The van der Waals surface area contributed by atoms with E-state index in [0.717, 1.165) is 17.4 Å². The number of ether oxygens (including phenoxy) is 1. The first-order valence-electron chi connectivity index (χ1n) is 7.63. The zero-order valence-corrected chi connectivity index (χ0v) is 13.7. The molecule has 114 valence electrons. The van der Waals surface area contributed by atoms with Gasteiger partial charge in [0, 0.05) is 6.92 Å². The molecule has 1 aromatic rings. The van der Waals surface area contributed by atoms with E-state index in [0.29, 0.717) is 6.61 Å². The van der Waals surface area contributed by atoms with Gasteiger partial charge in [-0.1, -0.05) is 77.3 Å². The molecule has 0 amide bonds. The van der Waals surface area contributed by atoms with E-state index in [1.807, 2.05) is 30.3 Å². The summed E-state index contributed by atoms with van der Waals surface area (Å²) in [7, 11) is 0.